The topological polar surface area (TPSA) is 96.9 Å². The summed E-state index contributed by atoms with van der Waals surface area (Å²) in [5, 5.41) is 11.8. The second-order valence-corrected chi connectivity index (χ2v) is 8.46. The molecule has 0 radical (unpaired) electrons. The highest BCUT2D eigenvalue weighted by Crippen LogP contribution is 2.39. The number of rotatable bonds is 7. The molecular formula is C24H24ClN3O5. The summed E-state index contributed by atoms with van der Waals surface area (Å²) in [5.41, 5.74) is 1.50. The Morgan fingerprint density at radius 1 is 1.15 bits per heavy atom. The van der Waals surface area contributed by atoms with Crippen LogP contribution in [0.4, 0.5) is 5.69 Å². The fraction of sp³-hybridized carbons (Fsp3) is 0.333. The Bertz CT molecular complexity index is 1300. The molecule has 1 aliphatic heterocycles. The van der Waals surface area contributed by atoms with Gasteiger partial charge >= 0.3 is 0 Å². The lowest BCUT2D eigenvalue weighted by Crippen LogP contribution is -2.37. The van der Waals surface area contributed by atoms with Crippen molar-refractivity contribution in [1.82, 2.24) is 9.80 Å². The van der Waals surface area contributed by atoms with Gasteiger partial charge in [-0.3, -0.25) is 19.7 Å². The van der Waals surface area contributed by atoms with Crippen LogP contribution in [0.1, 0.15) is 47.1 Å². The summed E-state index contributed by atoms with van der Waals surface area (Å²) >= 11 is 6.26. The molecule has 1 atom stereocenters. The molecule has 0 bridgehead atoms. The van der Waals surface area contributed by atoms with E-state index in [1.807, 2.05) is 13.8 Å². The molecule has 1 amide bonds. The summed E-state index contributed by atoms with van der Waals surface area (Å²) in [7, 11) is 0. The smallest absolute Gasteiger partial charge is 0.290 e. The number of carbonyl (C=O) groups is 1. The number of non-ortho nitro benzene ring substituents is 1. The Labute approximate surface area is 195 Å². The van der Waals surface area contributed by atoms with Crippen molar-refractivity contribution in [3.63, 3.8) is 0 Å². The third-order valence-electron chi connectivity index (χ3n) is 6.22. The Hall–Kier alpha value is -3.23. The van der Waals surface area contributed by atoms with Gasteiger partial charge in [0.2, 0.25) is 5.76 Å². The first-order valence-electron chi connectivity index (χ1n) is 10.8. The van der Waals surface area contributed by atoms with E-state index in [1.54, 1.807) is 36.1 Å². The second kappa shape index (κ2) is 8.96. The molecule has 33 heavy (non-hydrogen) atoms. The first-order chi connectivity index (χ1) is 15.8. The molecule has 172 valence electrons. The zero-order chi connectivity index (χ0) is 23.9. The van der Waals surface area contributed by atoms with Gasteiger partial charge in [0.25, 0.3) is 11.6 Å². The normalized spacial score (nSPS) is 15.5. The molecule has 3 aromatic rings. The van der Waals surface area contributed by atoms with E-state index in [9.17, 15) is 19.7 Å². The second-order valence-electron chi connectivity index (χ2n) is 8.05. The molecule has 0 aliphatic carbocycles. The van der Waals surface area contributed by atoms with Gasteiger partial charge in [-0.05, 0) is 55.4 Å². The summed E-state index contributed by atoms with van der Waals surface area (Å²) in [4.78, 5) is 41.4. The third-order valence-corrected chi connectivity index (χ3v) is 6.63. The Balaban J connectivity index is 1.89. The van der Waals surface area contributed by atoms with E-state index < -0.39 is 11.0 Å². The number of nitro benzene ring substituents is 1. The van der Waals surface area contributed by atoms with Crippen molar-refractivity contribution >= 4 is 34.2 Å². The number of hydrogen-bond donors (Lipinski definition) is 0. The highest BCUT2D eigenvalue weighted by Gasteiger charge is 2.42. The van der Waals surface area contributed by atoms with Crippen molar-refractivity contribution in [3.8, 4) is 0 Å². The van der Waals surface area contributed by atoms with Gasteiger partial charge in [0.1, 0.15) is 5.58 Å². The van der Waals surface area contributed by atoms with Gasteiger partial charge in [0, 0.05) is 30.2 Å². The number of amides is 1. The van der Waals surface area contributed by atoms with E-state index in [2.05, 4.69) is 4.90 Å². The highest BCUT2D eigenvalue weighted by molar-refractivity contribution is 6.32. The lowest BCUT2D eigenvalue weighted by atomic mass is 9.98. The fourth-order valence-corrected chi connectivity index (χ4v) is 4.45. The van der Waals surface area contributed by atoms with Crippen LogP contribution in [-0.4, -0.2) is 46.8 Å². The molecule has 1 aliphatic rings. The molecule has 0 saturated heterocycles. The van der Waals surface area contributed by atoms with Crippen molar-refractivity contribution in [2.45, 2.75) is 26.8 Å². The molecule has 0 N–H and O–H groups in total. The largest absolute Gasteiger partial charge is 0.450 e. The summed E-state index contributed by atoms with van der Waals surface area (Å²) in [6.07, 6.45) is 0. The van der Waals surface area contributed by atoms with E-state index in [0.29, 0.717) is 34.6 Å². The Kier molecular flexibility index (Phi) is 6.23. The van der Waals surface area contributed by atoms with Crippen molar-refractivity contribution in [1.29, 1.82) is 0 Å². The predicted octanol–water partition coefficient (Wildman–Crippen LogP) is 4.55. The number of benzene rings is 2. The van der Waals surface area contributed by atoms with Gasteiger partial charge in [-0.25, -0.2) is 0 Å². The first-order valence-corrected chi connectivity index (χ1v) is 11.2. The number of likely N-dealkylation sites (N-methyl/N-ethyl adjacent to an activating group) is 1. The molecule has 2 heterocycles. The minimum absolute atomic E-state index is 0.0112. The van der Waals surface area contributed by atoms with Gasteiger partial charge in [0.05, 0.1) is 21.9 Å². The molecule has 9 heteroatoms. The van der Waals surface area contributed by atoms with E-state index in [1.165, 1.54) is 12.1 Å². The summed E-state index contributed by atoms with van der Waals surface area (Å²) in [6.45, 7) is 8.53. The molecule has 0 spiro atoms. The van der Waals surface area contributed by atoms with Crippen molar-refractivity contribution in [2.24, 2.45) is 0 Å². The van der Waals surface area contributed by atoms with Crippen LogP contribution in [0, 0.1) is 17.0 Å². The minimum atomic E-state index is -0.704. The molecule has 4 rings (SSSR count). The quantitative estimate of drug-likeness (QED) is 0.372. The maximum absolute atomic E-state index is 13.6. The molecule has 2 aromatic carbocycles. The number of nitrogens with zero attached hydrogens (tertiary/aromatic N) is 3. The number of carbonyl (C=O) groups excluding carboxylic acids is 1. The van der Waals surface area contributed by atoms with Gasteiger partial charge in [-0.2, -0.15) is 0 Å². The lowest BCUT2D eigenvalue weighted by molar-refractivity contribution is -0.384. The van der Waals surface area contributed by atoms with Crippen LogP contribution in [0.5, 0.6) is 0 Å². The monoisotopic (exact) mass is 469 g/mol. The third kappa shape index (κ3) is 4.00. The van der Waals surface area contributed by atoms with Crippen molar-refractivity contribution in [2.75, 3.05) is 26.2 Å². The van der Waals surface area contributed by atoms with Crippen molar-refractivity contribution < 1.29 is 14.1 Å². The average molecular weight is 470 g/mol. The number of aryl methyl sites for hydroxylation is 1. The summed E-state index contributed by atoms with van der Waals surface area (Å²) in [6, 6.07) is 8.44. The zero-order valence-electron chi connectivity index (χ0n) is 18.6. The molecule has 0 fully saturated rings. The average Bonchev–Trinajstić information content (AvgIpc) is 3.08. The van der Waals surface area contributed by atoms with Gasteiger partial charge in [-0.15, -0.1) is 0 Å². The standard InChI is InChI=1S/C24H24ClN3O5/c1-4-26(5-2)10-11-27-21(15-6-8-16(9-7-15)28(31)32)20-22(29)17-13-18(25)14(3)12-19(17)33-23(20)24(27)30/h6-9,12-13,21H,4-5,10-11H2,1-3H3. The van der Waals surface area contributed by atoms with E-state index in [-0.39, 0.29) is 28.3 Å². The maximum atomic E-state index is 13.6. The minimum Gasteiger partial charge on any atom is -0.450 e. The zero-order valence-corrected chi connectivity index (χ0v) is 19.4. The SMILES string of the molecule is CCN(CC)CCN1C(=O)c2oc3cc(C)c(Cl)cc3c(=O)c2C1c1ccc([N+](=O)[O-])cc1. The molecule has 0 saturated carbocycles. The number of nitro groups is 1. The Morgan fingerprint density at radius 2 is 1.82 bits per heavy atom. The van der Waals surface area contributed by atoms with Crippen LogP contribution in [-0.2, 0) is 0 Å². The number of fused-ring (bicyclic) bond motifs is 2. The van der Waals surface area contributed by atoms with Crippen LogP contribution < -0.4 is 5.43 Å². The van der Waals surface area contributed by atoms with Crippen LogP contribution in [0.2, 0.25) is 5.02 Å². The molecular weight excluding hydrogens is 446 g/mol. The van der Waals surface area contributed by atoms with Crippen LogP contribution >= 0.6 is 11.6 Å². The molecule has 1 unspecified atom stereocenters. The lowest BCUT2D eigenvalue weighted by Gasteiger charge is -2.28. The van der Waals surface area contributed by atoms with Crippen LogP contribution in [0.3, 0.4) is 0 Å². The van der Waals surface area contributed by atoms with Gasteiger partial charge < -0.3 is 14.2 Å². The maximum Gasteiger partial charge on any atom is 0.290 e. The Morgan fingerprint density at radius 3 is 2.42 bits per heavy atom. The van der Waals surface area contributed by atoms with Gasteiger partial charge in [0.15, 0.2) is 5.43 Å². The summed E-state index contributed by atoms with van der Waals surface area (Å²) < 4.78 is 5.96. The van der Waals surface area contributed by atoms with Crippen LogP contribution in [0.25, 0.3) is 11.0 Å². The fourth-order valence-electron chi connectivity index (χ4n) is 4.29. The highest BCUT2D eigenvalue weighted by atomic mass is 35.5. The summed E-state index contributed by atoms with van der Waals surface area (Å²) in [5.74, 6) is -0.357. The van der Waals surface area contributed by atoms with E-state index in [4.69, 9.17) is 16.0 Å². The van der Waals surface area contributed by atoms with Gasteiger partial charge in [-0.1, -0.05) is 25.4 Å². The van der Waals surface area contributed by atoms with E-state index >= 15 is 0 Å². The molecule has 1 aromatic heterocycles. The van der Waals surface area contributed by atoms with Crippen molar-refractivity contribution in [3.05, 3.63) is 84.2 Å². The number of halogens is 1. The predicted molar refractivity (Wildman–Crippen MR) is 126 cm³/mol. The van der Waals surface area contributed by atoms with Crippen LogP contribution in [0.15, 0.2) is 45.6 Å². The number of hydrogen-bond acceptors (Lipinski definition) is 6. The first kappa shape index (κ1) is 22.9. The molecule has 8 nitrogen and oxygen atoms in total. The van der Waals surface area contributed by atoms with E-state index in [0.717, 1.165) is 18.7 Å².